The van der Waals surface area contributed by atoms with Crippen molar-refractivity contribution < 1.29 is 35.9 Å². The van der Waals surface area contributed by atoms with E-state index in [0.717, 1.165) is 24.5 Å². The molecular formula is C20H14ClF3N4O5S. The molecular weight excluding hydrogens is 501 g/mol. The number of halogens is 4. The van der Waals surface area contributed by atoms with Crippen LogP contribution in [0, 0.1) is 5.41 Å². The van der Waals surface area contributed by atoms with Crippen LogP contribution in [0.2, 0.25) is 0 Å². The lowest BCUT2D eigenvalue weighted by atomic mass is 10.1. The van der Waals surface area contributed by atoms with Crippen molar-refractivity contribution in [2.75, 3.05) is 11.6 Å². The molecule has 0 radical (unpaired) electrons. The van der Waals surface area contributed by atoms with Gasteiger partial charge >= 0.3 is 12.1 Å². The van der Waals surface area contributed by atoms with E-state index in [1.54, 1.807) is 0 Å². The van der Waals surface area contributed by atoms with Crippen molar-refractivity contribution in [3.05, 3.63) is 65.0 Å². The van der Waals surface area contributed by atoms with Crippen LogP contribution >= 0.6 is 11.6 Å². The Hall–Kier alpha value is -3.71. The van der Waals surface area contributed by atoms with Crippen molar-refractivity contribution in [1.29, 1.82) is 5.41 Å². The third kappa shape index (κ3) is 5.43. The molecule has 0 bridgehead atoms. The Labute approximate surface area is 195 Å². The number of sulfone groups is 1. The Bertz CT molecular complexity index is 1420. The molecule has 0 fully saturated rings. The number of alkyl halides is 3. The molecule has 1 aromatic heterocycles. The van der Waals surface area contributed by atoms with E-state index in [9.17, 15) is 26.4 Å². The monoisotopic (exact) mass is 514 g/mol. The lowest BCUT2D eigenvalue weighted by molar-refractivity contribution is -0.137. The second-order valence-corrected chi connectivity index (χ2v) is 9.14. The van der Waals surface area contributed by atoms with Crippen molar-refractivity contribution in [2.24, 2.45) is 0 Å². The highest BCUT2D eigenvalue weighted by atomic mass is 35.5. The van der Waals surface area contributed by atoms with Gasteiger partial charge in [0.15, 0.2) is 15.5 Å². The third-order valence-electron chi connectivity index (χ3n) is 4.29. The molecule has 0 aliphatic carbocycles. The number of nitrogens with one attached hydrogen (secondary N) is 2. The standard InChI is InChI=1S/C20H14ClF3N4O5S/c1-34(31,32)11-6-4-5-10(9-11)17-27-28-18(33-17)16(14(21)15(25)19(29)30)26-13-8-3-2-7-12(13)20(22,23)24/h2-9,25-26H,1H3,(H,29,30)/b16-14+,25-15?. The highest BCUT2D eigenvalue weighted by Crippen LogP contribution is 2.37. The van der Waals surface area contributed by atoms with Crippen molar-refractivity contribution >= 4 is 44.5 Å². The molecule has 0 spiro atoms. The second kappa shape index (κ2) is 9.27. The van der Waals surface area contributed by atoms with E-state index in [4.69, 9.17) is 26.5 Å². The zero-order chi connectivity index (χ0) is 25.3. The summed E-state index contributed by atoms with van der Waals surface area (Å²) in [7, 11) is -3.57. The molecule has 34 heavy (non-hydrogen) atoms. The molecule has 2 aromatic carbocycles. The minimum atomic E-state index is -4.77. The van der Waals surface area contributed by atoms with Gasteiger partial charge in [-0.2, -0.15) is 13.2 Å². The number of para-hydroxylation sites is 1. The van der Waals surface area contributed by atoms with Crippen molar-refractivity contribution in [3.8, 4) is 11.5 Å². The van der Waals surface area contributed by atoms with Crippen LogP contribution in [0.3, 0.4) is 0 Å². The predicted molar refractivity (Wildman–Crippen MR) is 116 cm³/mol. The van der Waals surface area contributed by atoms with Crippen molar-refractivity contribution in [3.63, 3.8) is 0 Å². The molecule has 0 atom stereocenters. The van der Waals surface area contributed by atoms with Crippen LogP contribution in [-0.2, 0) is 20.8 Å². The first-order valence-electron chi connectivity index (χ1n) is 9.08. The van der Waals surface area contributed by atoms with E-state index >= 15 is 0 Å². The zero-order valence-electron chi connectivity index (χ0n) is 17.0. The summed E-state index contributed by atoms with van der Waals surface area (Å²) in [6.07, 6.45) is -3.78. The fourth-order valence-electron chi connectivity index (χ4n) is 2.70. The summed E-state index contributed by atoms with van der Waals surface area (Å²) in [5.74, 6) is -2.52. The molecule has 3 aromatic rings. The van der Waals surface area contributed by atoms with Gasteiger partial charge in [0.25, 0.3) is 5.89 Å². The maximum atomic E-state index is 13.4. The van der Waals surface area contributed by atoms with Gasteiger partial charge in [0, 0.05) is 11.8 Å². The molecule has 0 aliphatic rings. The number of rotatable bonds is 7. The highest BCUT2D eigenvalue weighted by molar-refractivity contribution is 7.90. The van der Waals surface area contributed by atoms with Gasteiger partial charge in [-0.25, -0.2) is 13.2 Å². The summed E-state index contributed by atoms with van der Waals surface area (Å²) >= 11 is 6.01. The molecule has 0 saturated heterocycles. The summed E-state index contributed by atoms with van der Waals surface area (Å²) in [4.78, 5) is 11.2. The van der Waals surface area contributed by atoms with Crippen LogP contribution in [0.15, 0.2) is 62.9 Å². The van der Waals surface area contributed by atoms with Crippen LogP contribution in [0.4, 0.5) is 18.9 Å². The SMILES string of the molecule is CS(=O)(=O)c1cccc(-c2nnc(/C(Nc3ccccc3C(F)(F)F)=C(\Cl)C(=N)C(=O)O)o2)c1. The summed E-state index contributed by atoms with van der Waals surface area (Å²) in [5, 5.41) is 25.7. The molecule has 0 unspecified atom stereocenters. The van der Waals surface area contributed by atoms with Gasteiger partial charge in [-0.1, -0.05) is 29.8 Å². The Morgan fingerprint density at radius 2 is 1.82 bits per heavy atom. The van der Waals surface area contributed by atoms with Gasteiger partial charge in [0.1, 0.15) is 10.7 Å². The minimum Gasteiger partial charge on any atom is -0.476 e. The van der Waals surface area contributed by atoms with E-state index in [0.29, 0.717) is 0 Å². The summed E-state index contributed by atoms with van der Waals surface area (Å²) in [6.45, 7) is 0. The molecule has 1 heterocycles. The number of anilines is 1. The lowest BCUT2D eigenvalue weighted by Crippen LogP contribution is -2.16. The van der Waals surface area contributed by atoms with E-state index < -0.39 is 55.6 Å². The number of hydrogen-bond donors (Lipinski definition) is 3. The molecule has 3 N–H and O–H groups in total. The molecule has 178 valence electrons. The lowest BCUT2D eigenvalue weighted by Gasteiger charge is -2.16. The Morgan fingerprint density at radius 1 is 1.15 bits per heavy atom. The van der Waals surface area contributed by atoms with Crippen molar-refractivity contribution in [1.82, 2.24) is 10.2 Å². The quantitative estimate of drug-likeness (QED) is 0.396. The second-order valence-electron chi connectivity index (χ2n) is 6.75. The summed E-state index contributed by atoms with van der Waals surface area (Å²) in [6, 6.07) is 9.72. The molecule has 0 aliphatic heterocycles. The maximum absolute atomic E-state index is 13.4. The number of benzene rings is 2. The molecule has 0 amide bonds. The van der Waals surface area contributed by atoms with E-state index in [-0.39, 0.29) is 16.3 Å². The number of nitrogens with zero attached hydrogens (tertiary/aromatic N) is 2. The van der Waals surface area contributed by atoms with Crippen LogP contribution < -0.4 is 5.32 Å². The average Bonchev–Trinajstić information content (AvgIpc) is 3.25. The molecule has 9 nitrogen and oxygen atoms in total. The molecule has 14 heteroatoms. The van der Waals surface area contributed by atoms with Gasteiger partial charge in [-0.05, 0) is 30.3 Å². The van der Waals surface area contributed by atoms with Gasteiger partial charge in [0.05, 0.1) is 16.1 Å². The van der Waals surface area contributed by atoms with E-state index in [1.165, 1.54) is 30.3 Å². The van der Waals surface area contributed by atoms with Gasteiger partial charge < -0.3 is 14.8 Å². The Morgan fingerprint density at radius 3 is 2.44 bits per heavy atom. The Balaban J connectivity index is 2.13. The van der Waals surface area contributed by atoms with E-state index in [1.807, 2.05) is 0 Å². The number of aliphatic carboxylic acids is 1. The number of carbonyl (C=O) groups is 1. The smallest absolute Gasteiger partial charge is 0.418 e. The first kappa shape index (κ1) is 24.9. The van der Waals surface area contributed by atoms with Gasteiger partial charge in [0.2, 0.25) is 5.89 Å². The zero-order valence-corrected chi connectivity index (χ0v) is 18.6. The first-order chi connectivity index (χ1) is 15.8. The largest absolute Gasteiger partial charge is 0.476 e. The normalized spacial score (nSPS) is 12.7. The fourth-order valence-corrected chi connectivity index (χ4v) is 3.57. The highest BCUT2D eigenvalue weighted by Gasteiger charge is 2.34. The van der Waals surface area contributed by atoms with Crippen molar-refractivity contribution in [2.45, 2.75) is 11.1 Å². The van der Waals surface area contributed by atoms with Crippen LogP contribution in [0.1, 0.15) is 11.5 Å². The van der Waals surface area contributed by atoms with E-state index in [2.05, 4.69) is 15.5 Å². The van der Waals surface area contributed by atoms with Crippen LogP contribution in [-0.4, -0.2) is 41.7 Å². The van der Waals surface area contributed by atoms with Crippen LogP contribution in [0.25, 0.3) is 17.2 Å². The molecule has 0 saturated carbocycles. The minimum absolute atomic E-state index is 0.0524. The number of aromatic nitrogens is 2. The molecule has 3 rings (SSSR count). The number of carboxylic acid groups (broad SMARTS) is 1. The third-order valence-corrected chi connectivity index (χ3v) is 5.78. The topological polar surface area (TPSA) is 146 Å². The summed E-state index contributed by atoms with van der Waals surface area (Å²) < 4.78 is 69.3. The fraction of sp³-hybridized carbons (Fsp3) is 0.100. The number of carboxylic acids is 1. The number of hydrogen-bond acceptors (Lipinski definition) is 8. The predicted octanol–water partition coefficient (Wildman–Crippen LogP) is 4.28. The maximum Gasteiger partial charge on any atom is 0.418 e. The average molecular weight is 515 g/mol. The summed E-state index contributed by atoms with van der Waals surface area (Å²) in [5.41, 5.74) is -3.16. The van der Waals surface area contributed by atoms with Gasteiger partial charge in [-0.15, -0.1) is 10.2 Å². The van der Waals surface area contributed by atoms with Crippen LogP contribution in [0.5, 0.6) is 0 Å². The van der Waals surface area contributed by atoms with Gasteiger partial charge in [-0.3, -0.25) is 5.41 Å². The Kier molecular flexibility index (Phi) is 6.79. The first-order valence-corrected chi connectivity index (χ1v) is 11.4.